The number of thioether (sulfide) groups is 1. The van der Waals surface area contributed by atoms with Gasteiger partial charge in [0.25, 0.3) is 5.91 Å². The van der Waals surface area contributed by atoms with E-state index in [1.165, 1.54) is 11.8 Å². The molecule has 0 aromatic heterocycles. The van der Waals surface area contributed by atoms with Crippen LogP contribution in [0.5, 0.6) is 0 Å². The molecule has 4 rings (SSSR count). The van der Waals surface area contributed by atoms with Gasteiger partial charge in [-0.15, -0.1) is 0 Å². The molecule has 2 aromatic carbocycles. The smallest absolute Gasteiger partial charge is 0.279 e. The van der Waals surface area contributed by atoms with Crippen LogP contribution in [0.1, 0.15) is 10.4 Å². The monoisotopic (exact) mass is 372 g/mol. The van der Waals surface area contributed by atoms with E-state index in [0.717, 1.165) is 5.69 Å². The molecule has 2 fully saturated rings. The quantitative estimate of drug-likeness (QED) is 0.811. The topological polar surface area (TPSA) is 66.8 Å². The maximum atomic E-state index is 12.5. The van der Waals surface area contributed by atoms with Crippen molar-refractivity contribution in [1.82, 2.24) is 0 Å². The lowest BCUT2D eigenvalue weighted by Gasteiger charge is -2.24. The summed E-state index contributed by atoms with van der Waals surface area (Å²) in [7, 11) is -3.05. The van der Waals surface area contributed by atoms with E-state index in [4.69, 9.17) is 0 Å². The molecule has 0 aliphatic carbocycles. The minimum atomic E-state index is -3.05. The highest BCUT2D eigenvalue weighted by molar-refractivity contribution is 8.16. The molecule has 2 saturated heterocycles. The Bertz CT molecular complexity index is 927. The lowest BCUT2D eigenvalue weighted by molar-refractivity contribution is 0.100. The highest BCUT2D eigenvalue weighted by Crippen LogP contribution is 2.40. The van der Waals surface area contributed by atoms with Gasteiger partial charge in [-0.3, -0.25) is 4.79 Å². The van der Waals surface area contributed by atoms with E-state index >= 15 is 0 Å². The van der Waals surface area contributed by atoms with Gasteiger partial charge in [0, 0.05) is 16.5 Å². The summed E-state index contributed by atoms with van der Waals surface area (Å²) in [6, 6.07) is 18.2. The number of hydrogen-bond donors (Lipinski definition) is 0. The Morgan fingerprint density at radius 3 is 2.32 bits per heavy atom. The van der Waals surface area contributed by atoms with Crippen molar-refractivity contribution in [3.8, 4) is 0 Å². The molecular weight excluding hydrogens is 356 g/mol. The van der Waals surface area contributed by atoms with Crippen LogP contribution in [-0.2, 0) is 9.84 Å². The number of amidine groups is 1. The zero-order valence-corrected chi connectivity index (χ0v) is 14.9. The van der Waals surface area contributed by atoms with Crippen molar-refractivity contribution in [2.24, 2.45) is 4.99 Å². The highest BCUT2D eigenvalue weighted by Gasteiger charge is 2.49. The normalized spacial score (nSPS) is 25.9. The zero-order chi connectivity index (χ0) is 17.4. The SMILES string of the molecule is O=C(N=C1S[C@@H]2CS(=O)(=O)C[C@@H]2N1c1ccccc1)c1ccccc1. The number of hydrogen-bond acceptors (Lipinski definition) is 4. The predicted octanol–water partition coefficient (Wildman–Crippen LogP) is 2.60. The van der Waals surface area contributed by atoms with Crippen LogP contribution in [0, 0.1) is 0 Å². The van der Waals surface area contributed by atoms with Crippen LogP contribution in [-0.4, -0.2) is 42.3 Å². The third kappa shape index (κ3) is 3.21. The van der Waals surface area contributed by atoms with E-state index in [1.807, 2.05) is 41.3 Å². The summed E-state index contributed by atoms with van der Waals surface area (Å²) in [5.41, 5.74) is 1.38. The second kappa shape index (κ2) is 6.31. The van der Waals surface area contributed by atoms with E-state index in [9.17, 15) is 13.2 Å². The Morgan fingerprint density at radius 2 is 1.64 bits per heavy atom. The fraction of sp³-hybridized carbons (Fsp3) is 0.222. The van der Waals surface area contributed by atoms with Crippen molar-refractivity contribution >= 4 is 38.4 Å². The van der Waals surface area contributed by atoms with Gasteiger partial charge in [0.1, 0.15) is 0 Å². The summed E-state index contributed by atoms with van der Waals surface area (Å²) in [5, 5.41) is 0.484. The number of sulfone groups is 1. The van der Waals surface area contributed by atoms with E-state index in [0.29, 0.717) is 10.7 Å². The molecule has 0 radical (unpaired) electrons. The number of fused-ring (bicyclic) bond motifs is 1. The van der Waals surface area contributed by atoms with Crippen LogP contribution >= 0.6 is 11.8 Å². The average molecular weight is 372 g/mol. The van der Waals surface area contributed by atoms with Crippen LogP contribution in [0.3, 0.4) is 0 Å². The zero-order valence-electron chi connectivity index (χ0n) is 13.3. The van der Waals surface area contributed by atoms with Crippen LogP contribution in [0.25, 0.3) is 0 Å². The van der Waals surface area contributed by atoms with E-state index in [2.05, 4.69) is 4.99 Å². The third-order valence-corrected chi connectivity index (χ3v) is 7.53. The van der Waals surface area contributed by atoms with Gasteiger partial charge in [-0.1, -0.05) is 48.2 Å². The fourth-order valence-corrected chi connectivity index (χ4v) is 7.10. The van der Waals surface area contributed by atoms with Gasteiger partial charge in [-0.25, -0.2) is 8.42 Å². The van der Waals surface area contributed by atoms with Crippen molar-refractivity contribution in [1.29, 1.82) is 0 Å². The molecule has 2 heterocycles. The van der Waals surface area contributed by atoms with Gasteiger partial charge >= 0.3 is 0 Å². The van der Waals surface area contributed by atoms with Crippen LogP contribution in [0.2, 0.25) is 0 Å². The first-order chi connectivity index (χ1) is 12.0. The Balaban J connectivity index is 1.72. The molecule has 0 bridgehead atoms. The van der Waals surface area contributed by atoms with Crippen LogP contribution < -0.4 is 4.90 Å². The molecule has 5 nitrogen and oxygen atoms in total. The molecule has 2 aliphatic heterocycles. The first-order valence-electron chi connectivity index (χ1n) is 7.93. The van der Waals surface area contributed by atoms with Gasteiger partial charge in [0.15, 0.2) is 15.0 Å². The second-order valence-electron chi connectivity index (χ2n) is 6.07. The largest absolute Gasteiger partial charge is 0.316 e. The Kier molecular flexibility index (Phi) is 4.13. The highest BCUT2D eigenvalue weighted by atomic mass is 32.2. The number of amides is 1. The van der Waals surface area contributed by atoms with Gasteiger partial charge < -0.3 is 4.90 Å². The van der Waals surface area contributed by atoms with Crippen molar-refractivity contribution in [3.63, 3.8) is 0 Å². The van der Waals surface area contributed by atoms with Crippen molar-refractivity contribution in [2.45, 2.75) is 11.3 Å². The van der Waals surface area contributed by atoms with Crippen molar-refractivity contribution in [3.05, 3.63) is 66.2 Å². The fourth-order valence-electron chi connectivity index (χ4n) is 3.19. The molecule has 0 saturated carbocycles. The summed E-state index contributed by atoms with van der Waals surface area (Å²) in [5.74, 6) is -0.0886. The molecule has 1 amide bonds. The molecule has 2 aliphatic rings. The van der Waals surface area contributed by atoms with Crippen molar-refractivity contribution in [2.75, 3.05) is 16.4 Å². The molecule has 0 unspecified atom stereocenters. The van der Waals surface area contributed by atoms with E-state index < -0.39 is 9.84 Å². The number of carbonyl (C=O) groups excluding carboxylic acids is 1. The van der Waals surface area contributed by atoms with E-state index in [1.54, 1.807) is 24.3 Å². The standard InChI is InChI=1S/C18H16N2O3S2/c21-17(13-7-3-1-4-8-13)19-18-20(14-9-5-2-6-10-14)15-11-25(22,23)12-16(15)24-18/h1-10,15-16H,11-12H2/t15-,16+/m0/s1. The first kappa shape index (κ1) is 16.4. The van der Waals surface area contributed by atoms with Crippen LogP contribution in [0.15, 0.2) is 65.7 Å². The van der Waals surface area contributed by atoms with E-state index in [-0.39, 0.29) is 28.7 Å². The molecule has 25 heavy (non-hydrogen) atoms. The summed E-state index contributed by atoms with van der Waals surface area (Å²) in [6.45, 7) is 0. The first-order valence-corrected chi connectivity index (χ1v) is 10.6. The lowest BCUT2D eigenvalue weighted by Crippen LogP contribution is -2.37. The number of rotatable bonds is 2. The molecule has 2 aromatic rings. The summed E-state index contributed by atoms with van der Waals surface area (Å²) < 4.78 is 24.0. The summed E-state index contributed by atoms with van der Waals surface area (Å²) in [6.07, 6.45) is 0. The maximum absolute atomic E-state index is 12.5. The minimum absolute atomic E-state index is 0.0903. The summed E-state index contributed by atoms with van der Waals surface area (Å²) in [4.78, 5) is 18.7. The van der Waals surface area contributed by atoms with Gasteiger partial charge in [-0.05, 0) is 24.3 Å². The predicted molar refractivity (Wildman–Crippen MR) is 101 cm³/mol. The third-order valence-electron chi connectivity index (χ3n) is 4.32. The molecule has 2 atom stereocenters. The Hall–Kier alpha value is -2.12. The van der Waals surface area contributed by atoms with Gasteiger partial charge in [-0.2, -0.15) is 4.99 Å². The number of nitrogens with zero attached hydrogens (tertiary/aromatic N) is 2. The maximum Gasteiger partial charge on any atom is 0.279 e. The molecular formula is C18H16N2O3S2. The number of benzene rings is 2. The van der Waals surface area contributed by atoms with Crippen LogP contribution in [0.4, 0.5) is 5.69 Å². The minimum Gasteiger partial charge on any atom is -0.316 e. The molecule has 128 valence electrons. The van der Waals surface area contributed by atoms with Gasteiger partial charge in [0.2, 0.25) is 0 Å². The Labute approximate surface area is 150 Å². The molecule has 0 spiro atoms. The number of anilines is 1. The second-order valence-corrected chi connectivity index (χ2v) is 9.43. The van der Waals surface area contributed by atoms with Gasteiger partial charge in [0.05, 0.1) is 17.5 Å². The lowest BCUT2D eigenvalue weighted by atomic mass is 10.2. The number of para-hydroxylation sites is 1. The van der Waals surface area contributed by atoms with Crippen molar-refractivity contribution < 1.29 is 13.2 Å². The summed E-state index contributed by atoms with van der Waals surface area (Å²) >= 11 is 1.39. The molecule has 0 N–H and O–H groups in total. The molecule has 7 heteroatoms. The average Bonchev–Trinajstić information content (AvgIpc) is 3.07. The number of aliphatic imine (C=N–C) groups is 1. The number of carbonyl (C=O) groups is 1. The Morgan fingerprint density at radius 1 is 1.00 bits per heavy atom.